The topological polar surface area (TPSA) is 56.5 Å². The van der Waals surface area contributed by atoms with Crippen LogP contribution in [-0.2, 0) is 0 Å². The molecule has 0 aliphatic rings. The van der Waals surface area contributed by atoms with Crippen LogP contribution in [0.2, 0.25) is 0 Å². The van der Waals surface area contributed by atoms with Gasteiger partial charge in [0.1, 0.15) is 0 Å². The van der Waals surface area contributed by atoms with E-state index in [1.54, 1.807) is 0 Å². The summed E-state index contributed by atoms with van der Waals surface area (Å²) in [6.45, 7) is 4.37. The van der Waals surface area contributed by atoms with E-state index >= 15 is 0 Å². The summed E-state index contributed by atoms with van der Waals surface area (Å²) in [5, 5.41) is 2.34. The van der Waals surface area contributed by atoms with Crippen molar-refractivity contribution in [3.05, 3.63) is 248 Å². The fraction of sp³-hybridized carbons (Fsp3) is 0.0312. The Kier molecular flexibility index (Phi) is 10.6. The van der Waals surface area contributed by atoms with Crippen molar-refractivity contribution in [2.24, 2.45) is 0 Å². The average Bonchev–Trinajstić information content (AvgIpc) is 3.74. The minimum atomic E-state index is 0.647. The van der Waals surface area contributed by atoms with E-state index in [0.717, 1.165) is 84.0 Å². The van der Waals surface area contributed by atoms with E-state index in [0.29, 0.717) is 11.6 Å². The van der Waals surface area contributed by atoms with E-state index in [1.165, 1.54) is 33.0 Å². The van der Waals surface area contributed by atoms with Crippen LogP contribution in [0.4, 0.5) is 0 Å². The summed E-state index contributed by atoms with van der Waals surface area (Å²) in [6, 6.07) is 83.3. The Hall–Kier alpha value is -9.06. The van der Waals surface area contributed by atoms with Crippen LogP contribution in [0.1, 0.15) is 11.1 Å². The molecule has 0 radical (unpaired) electrons. The van der Waals surface area contributed by atoms with E-state index in [2.05, 4.69) is 206 Å². The molecule has 3 aromatic heterocycles. The third kappa shape index (κ3) is 7.86. The predicted octanol–water partition coefficient (Wildman–Crippen LogP) is 16.3. The number of aryl methyl sites for hydroxylation is 2. The van der Waals surface area contributed by atoms with Gasteiger partial charge in [-0.3, -0.25) is 0 Å². The highest BCUT2D eigenvalue weighted by Gasteiger charge is 2.22. The summed E-state index contributed by atoms with van der Waals surface area (Å²) < 4.78 is 2.45. The molecule has 5 nitrogen and oxygen atoms in total. The first-order chi connectivity index (χ1) is 34.0. The number of rotatable bonds is 9. The van der Waals surface area contributed by atoms with E-state index in [-0.39, 0.29) is 0 Å². The third-order valence-electron chi connectivity index (χ3n) is 13.1. The lowest BCUT2D eigenvalue weighted by Gasteiger charge is -2.18. The lowest BCUT2D eigenvalue weighted by molar-refractivity contribution is 1.15. The minimum absolute atomic E-state index is 0.647. The van der Waals surface area contributed by atoms with Crippen LogP contribution in [0, 0.1) is 13.8 Å². The van der Waals surface area contributed by atoms with Gasteiger partial charge in [-0.25, -0.2) is 19.9 Å². The summed E-state index contributed by atoms with van der Waals surface area (Å²) in [4.78, 5) is 21.2. The first kappa shape index (κ1) is 41.4. The second-order valence-electron chi connectivity index (χ2n) is 17.5. The van der Waals surface area contributed by atoms with Crippen LogP contribution in [0.15, 0.2) is 237 Å². The van der Waals surface area contributed by atoms with E-state index in [4.69, 9.17) is 19.9 Å². The molecular weight excluding hydrogens is 839 g/mol. The van der Waals surface area contributed by atoms with Gasteiger partial charge in [0.2, 0.25) is 0 Å². The largest absolute Gasteiger partial charge is 0.309 e. The van der Waals surface area contributed by atoms with Gasteiger partial charge in [-0.2, -0.15) is 0 Å². The van der Waals surface area contributed by atoms with Crippen LogP contribution >= 0.6 is 0 Å². The van der Waals surface area contributed by atoms with E-state index < -0.39 is 0 Å². The number of aromatic nitrogens is 5. The molecule has 3 heterocycles. The fourth-order valence-electron chi connectivity index (χ4n) is 9.63. The third-order valence-corrected chi connectivity index (χ3v) is 13.1. The summed E-state index contributed by atoms with van der Waals surface area (Å²) >= 11 is 0. The van der Waals surface area contributed by atoms with Crippen molar-refractivity contribution in [3.63, 3.8) is 0 Å². The van der Waals surface area contributed by atoms with Gasteiger partial charge in [-0.15, -0.1) is 0 Å². The minimum Gasteiger partial charge on any atom is -0.309 e. The second kappa shape index (κ2) is 17.6. The number of fused-ring (bicyclic) bond motifs is 3. The van der Waals surface area contributed by atoms with Crippen LogP contribution in [0.3, 0.4) is 0 Å². The van der Waals surface area contributed by atoms with Gasteiger partial charge >= 0.3 is 0 Å². The zero-order chi connectivity index (χ0) is 46.3. The molecule has 0 N–H and O–H groups in total. The SMILES string of the molecule is Cc1ccccc1-c1ccc2c3ccc(-c4ccccc4C)cc3n(-c3ccc(-c4cc(-c5ccccc5)nc(-c5ccccc5)n4)cc3-c3cc(-c4ccccc4)nc(-c4ccccc4)n3)c2c1. The molecule has 12 aromatic rings. The Balaban J connectivity index is 1.18. The van der Waals surface area contributed by atoms with E-state index in [9.17, 15) is 0 Å². The maximum Gasteiger partial charge on any atom is 0.160 e. The molecule has 326 valence electrons. The maximum absolute atomic E-state index is 5.49. The van der Waals surface area contributed by atoms with Crippen molar-refractivity contribution in [2.75, 3.05) is 0 Å². The van der Waals surface area contributed by atoms with Crippen molar-refractivity contribution in [2.45, 2.75) is 13.8 Å². The van der Waals surface area contributed by atoms with Crippen LogP contribution < -0.4 is 0 Å². The molecule has 12 rings (SSSR count). The molecule has 0 saturated carbocycles. The lowest BCUT2D eigenvalue weighted by atomic mass is 9.98. The van der Waals surface area contributed by atoms with Gasteiger partial charge in [0, 0.05) is 44.2 Å². The molecule has 0 unspecified atom stereocenters. The second-order valence-corrected chi connectivity index (χ2v) is 17.5. The predicted molar refractivity (Wildman–Crippen MR) is 285 cm³/mol. The molecule has 0 bridgehead atoms. The number of hydrogen-bond donors (Lipinski definition) is 0. The molecule has 0 aliphatic carbocycles. The van der Waals surface area contributed by atoms with Gasteiger partial charge in [0.05, 0.1) is 39.5 Å². The number of benzene rings is 9. The molecule has 0 fully saturated rings. The van der Waals surface area contributed by atoms with Gasteiger partial charge in [-0.1, -0.05) is 200 Å². The molecule has 0 saturated heterocycles. The summed E-state index contributed by atoms with van der Waals surface area (Å²) in [5.41, 5.74) is 19.4. The van der Waals surface area contributed by atoms with Crippen molar-refractivity contribution < 1.29 is 0 Å². The highest BCUT2D eigenvalue weighted by atomic mass is 15.0. The normalized spacial score (nSPS) is 11.3. The Morgan fingerprint density at radius 1 is 0.275 bits per heavy atom. The van der Waals surface area contributed by atoms with Crippen molar-refractivity contribution in [1.29, 1.82) is 0 Å². The summed E-state index contributed by atoms with van der Waals surface area (Å²) in [5.74, 6) is 1.31. The first-order valence-electron chi connectivity index (χ1n) is 23.4. The van der Waals surface area contributed by atoms with Gasteiger partial charge in [0.15, 0.2) is 11.6 Å². The molecule has 9 aromatic carbocycles. The highest BCUT2D eigenvalue weighted by Crippen LogP contribution is 2.42. The maximum atomic E-state index is 5.49. The van der Waals surface area contributed by atoms with E-state index in [1.807, 2.05) is 48.5 Å². The molecule has 0 aliphatic heterocycles. The highest BCUT2D eigenvalue weighted by molar-refractivity contribution is 6.12. The standard InChI is InChI=1S/C64H45N5/c1-42-19-15-17-29-51(42)48-31-34-53-54-35-32-49(52-30-18-16-20-43(52)2)39-62(54)69(61(53)38-48)60-36-33-50(58-40-56(44-21-7-3-8-22-44)65-63(67-58)46-25-11-5-12-26-46)37-55(60)59-41-57(45-23-9-4-10-24-45)66-64(68-59)47-27-13-6-14-28-47/h3-41H,1-2H3. The molecule has 0 atom stereocenters. The van der Waals surface area contributed by atoms with Gasteiger partial charge in [-0.05, 0) is 83.6 Å². The number of nitrogens with zero attached hydrogens (tertiary/aromatic N) is 5. The monoisotopic (exact) mass is 883 g/mol. The molecule has 5 heteroatoms. The molecule has 0 spiro atoms. The zero-order valence-electron chi connectivity index (χ0n) is 38.3. The Bertz CT molecular complexity index is 3620. The van der Waals surface area contributed by atoms with Crippen LogP contribution in [-0.4, -0.2) is 24.5 Å². The molecule has 69 heavy (non-hydrogen) atoms. The summed E-state index contributed by atoms with van der Waals surface area (Å²) in [7, 11) is 0. The smallest absolute Gasteiger partial charge is 0.160 e. The van der Waals surface area contributed by atoms with Crippen molar-refractivity contribution in [3.8, 4) is 95.7 Å². The lowest BCUT2D eigenvalue weighted by Crippen LogP contribution is -2.02. The summed E-state index contributed by atoms with van der Waals surface area (Å²) in [6.07, 6.45) is 0. The van der Waals surface area contributed by atoms with Gasteiger partial charge in [0.25, 0.3) is 0 Å². The first-order valence-corrected chi connectivity index (χ1v) is 23.4. The van der Waals surface area contributed by atoms with Crippen molar-refractivity contribution >= 4 is 21.8 Å². The Labute approximate surface area is 401 Å². The Morgan fingerprint density at radius 2 is 0.652 bits per heavy atom. The zero-order valence-corrected chi connectivity index (χ0v) is 38.3. The molecule has 0 amide bonds. The fourth-order valence-corrected chi connectivity index (χ4v) is 9.63. The van der Waals surface area contributed by atoms with Crippen molar-refractivity contribution in [1.82, 2.24) is 24.5 Å². The van der Waals surface area contributed by atoms with Crippen LogP contribution in [0.5, 0.6) is 0 Å². The average molecular weight is 884 g/mol. The van der Waals surface area contributed by atoms with Crippen LogP contribution in [0.25, 0.3) is 118 Å². The van der Waals surface area contributed by atoms with Gasteiger partial charge < -0.3 is 4.57 Å². The molecular formula is C64H45N5. The Morgan fingerprint density at radius 3 is 1.12 bits per heavy atom. The quantitative estimate of drug-likeness (QED) is 0.145. The number of hydrogen-bond acceptors (Lipinski definition) is 4.